The smallest absolute Gasteiger partial charge is 0.317 e. The third-order valence-corrected chi connectivity index (χ3v) is 5.49. The molecule has 3 rings (SSSR count). The predicted octanol–water partition coefficient (Wildman–Crippen LogP) is 2.32. The molecule has 1 saturated carbocycles. The Labute approximate surface area is 133 Å². The van der Waals surface area contributed by atoms with E-state index in [1.165, 1.54) is 5.57 Å². The van der Waals surface area contributed by atoms with E-state index < -0.39 is 0 Å². The van der Waals surface area contributed by atoms with Crippen LogP contribution in [0.1, 0.15) is 39.5 Å². The highest BCUT2D eigenvalue weighted by atomic mass is 16.5. The van der Waals surface area contributed by atoms with Crippen molar-refractivity contribution in [2.45, 2.75) is 51.7 Å². The summed E-state index contributed by atoms with van der Waals surface area (Å²) in [5, 5.41) is 3.28. The lowest BCUT2D eigenvalue weighted by atomic mass is 9.57. The fourth-order valence-electron chi connectivity index (χ4n) is 4.13. The highest BCUT2D eigenvalue weighted by Crippen LogP contribution is 2.50. The van der Waals surface area contributed by atoms with Crippen LogP contribution >= 0.6 is 0 Å². The summed E-state index contributed by atoms with van der Waals surface area (Å²) in [4.78, 5) is 14.5. The molecule has 1 saturated heterocycles. The molecule has 0 radical (unpaired) electrons. The van der Waals surface area contributed by atoms with Crippen molar-refractivity contribution in [1.29, 1.82) is 0 Å². The molecule has 2 heterocycles. The van der Waals surface area contributed by atoms with Gasteiger partial charge in [0.05, 0.1) is 6.10 Å². The summed E-state index contributed by atoms with van der Waals surface area (Å²) in [6.07, 6.45) is 6.36. The minimum absolute atomic E-state index is 0.0817. The zero-order valence-corrected chi connectivity index (χ0v) is 13.8. The summed E-state index contributed by atoms with van der Waals surface area (Å²) in [7, 11) is 0. The summed E-state index contributed by atoms with van der Waals surface area (Å²) in [6.45, 7) is 8.01. The lowest BCUT2D eigenvalue weighted by molar-refractivity contribution is -0.170. The van der Waals surface area contributed by atoms with E-state index in [0.29, 0.717) is 0 Å². The molecule has 0 aromatic carbocycles. The Bertz CT molecular complexity index is 443. The molecule has 22 heavy (non-hydrogen) atoms. The van der Waals surface area contributed by atoms with E-state index in [9.17, 15) is 4.79 Å². The third-order valence-electron chi connectivity index (χ3n) is 5.49. The first-order chi connectivity index (χ1) is 10.7. The molecule has 2 fully saturated rings. The molecule has 5 nitrogen and oxygen atoms in total. The Morgan fingerprint density at radius 1 is 1.50 bits per heavy atom. The maximum atomic E-state index is 12.6. The Kier molecular flexibility index (Phi) is 4.73. The fraction of sp³-hybridized carbons (Fsp3) is 0.824. The fourth-order valence-corrected chi connectivity index (χ4v) is 4.13. The average Bonchev–Trinajstić information content (AvgIpc) is 2.54. The van der Waals surface area contributed by atoms with E-state index in [1.54, 1.807) is 0 Å². The van der Waals surface area contributed by atoms with Gasteiger partial charge in [-0.2, -0.15) is 0 Å². The second-order valence-electron chi connectivity index (χ2n) is 6.79. The van der Waals surface area contributed by atoms with Gasteiger partial charge in [0.25, 0.3) is 0 Å². The van der Waals surface area contributed by atoms with Crippen molar-refractivity contribution in [2.24, 2.45) is 5.41 Å². The quantitative estimate of drug-likeness (QED) is 0.814. The van der Waals surface area contributed by atoms with Crippen LogP contribution in [0.4, 0.5) is 4.79 Å². The first kappa shape index (κ1) is 15.8. The summed E-state index contributed by atoms with van der Waals surface area (Å²) < 4.78 is 11.4. The normalized spacial score (nSPS) is 30.6. The minimum Gasteiger partial charge on any atom is -0.381 e. The first-order valence-corrected chi connectivity index (χ1v) is 8.56. The Balaban J connectivity index is 1.62. The summed E-state index contributed by atoms with van der Waals surface area (Å²) in [5.41, 5.74) is 1.37. The van der Waals surface area contributed by atoms with Gasteiger partial charge in [0, 0.05) is 44.4 Å². The summed E-state index contributed by atoms with van der Waals surface area (Å²) >= 11 is 0. The van der Waals surface area contributed by atoms with Crippen molar-refractivity contribution in [1.82, 2.24) is 10.2 Å². The van der Waals surface area contributed by atoms with Crippen LogP contribution in [0.2, 0.25) is 0 Å². The molecule has 124 valence electrons. The van der Waals surface area contributed by atoms with Crippen LogP contribution in [0.3, 0.4) is 0 Å². The third kappa shape index (κ3) is 2.88. The lowest BCUT2D eigenvalue weighted by Crippen LogP contribution is -2.67. The van der Waals surface area contributed by atoms with Crippen LogP contribution in [-0.2, 0) is 9.47 Å². The second kappa shape index (κ2) is 6.59. The number of carbonyl (C=O) groups is 1. The number of rotatable bonds is 3. The number of amides is 2. The van der Waals surface area contributed by atoms with E-state index >= 15 is 0 Å². The van der Waals surface area contributed by atoms with Gasteiger partial charge in [-0.15, -0.1) is 0 Å². The number of carbonyl (C=O) groups excluding carboxylic acids is 1. The molecule has 1 N–H and O–H groups in total. The zero-order valence-electron chi connectivity index (χ0n) is 13.8. The molecule has 0 aromatic heterocycles. The molecule has 2 aliphatic heterocycles. The van der Waals surface area contributed by atoms with Crippen molar-refractivity contribution in [3.63, 3.8) is 0 Å². The largest absolute Gasteiger partial charge is 0.381 e. The van der Waals surface area contributed by atoms with E-state index in [2.05, 4.69) is 18.3 Å². The van der Waals surface area contributed by atoms with Gasteiger partial charge >= 0.3 is 6.03 Å². The first-order valence-electron chi connectivity index (χ1n) is 8.56. The van der Waals surface area contributed by atoms with Gasteiger partial charge in [-0.05, 0) is 39.5 Å². The van der Waals surface area contributed by atoms with Crippen molar-refractivity contribution in [2.75, 3.05) is 32.9 Å². The van der Waals surface area contributed by atoms with E-state index in [1.807, 2.05) is 11.8 Å². The average molecular weight is 308 g/mol. The molecule has 3 aliphatic rings. The number of hydrogen-bond donors (Lipinski definition) is 1. The van der Waals surface area contributed by atoms with Gasteiger partial charge < -0.3 is 19.7 Å². The van der Waals surface area contributed by atoms with Crippen LogP contribution in [0.25, 0.3) is 0 Å². The highest BCUT2D eigenvalue weighted by molar-refractivity contribution is 5.75. The molecular formula is C17H28N2O3. The second-order valence-corrected chi connectivity index (χ2v) is 6.79. The van der Waals surface area contributed by atoms with Gasteiger partial charge in [-0.3, -0.25) is 0 Å². The highest BCUT2D eigenvalue weighted by Gasteiger charge is 2.56. The summed E-state index contributed by atoms with van der Waals surface area (Å²) in [6, 6.07) is 0.310. The molecule has 2 amide bonds. The van der Waals surface area contributed by atoms with Crippen molar-refractivity contribution in [3.8, 4) is 0 Å². The molecular weight excluding hydrogens is 280 g/mol. The van der Waals surface area contributed by atoms with E-state index in [4.69, 9.17) is 9.47 Å². The Hall–Kier alpha value is -1.07. The number of urea groups is 1. The molecule has 5 heteroatoms. The maximum absolute atomic E-state index is 12.6. The monoisotopic (exact) mass is 308 g/mol. The maximum Gasteiger partial charge on any atom is 0.317 e. The Morgan fingerprint density at radius 2 is 2.27 bits per heavy atom. The van der Waals surface area contributed by atoms with Gasteiger partial charge in [-0.1, -0.05) is 11.6 Å². The van der Waals surface area contributed by atoms with E-state index in [-0.39, 0.29) is 23.6 Å². The molecule has 1 aliphatic carbocycles. The van der Waals surface area contributed by atoms with Gasteiger partial charge in [0.2, 0.25) is 0 Å². The molecule has 2 unspecified atom stereocenters. The molecule has 0 bridgehead atoms. The van der Waals surface area contributed by atoms with Crippen LogP contribution in [-0.4, -0.2) is 56.0 Å². The predicted molar refractivity (Wildman–Crippen MR) is 84.8 cm³/mol. The number of nitrogens with one attached hydrogen (secondary N) is 1. The summed E-state index contributed by atoms with van der Waals surface area (Å²) in [5.74, 6) is 0. The van der Waals surface area contributed by atoms with Crippen LogP contribution in [0.5, 0.6) is 0 Å². The Morgan fingerprint density at radius 3 is 2.95 bits per heavy atom. The lowest BCUT2D eigenvalue weighted by Gasteiger charge is -2.57. The van der Waals surface area contributed by atoms with Crippen molar-refractivity contribution < 1.29 is 14.3 Å². The van der Waals surface area contributed by atoms with E-state index in [0.717, 1.165) is 58.6 Å². The molecule has 0 aromatic rings. The molecule has 1 spiro atoms. The van der Waals surface area contributed by atoms with Gasteiger partial charge in [-0.25, -0.2) is 4.79 Å². The zero-order chi connectivity index (χ0) is 15.6. The SMILES string of the molecule is CCOC1CC(NC(=O)N2CCC=C(C)C2)C12CCOCC2. The number of nitrogens with zero attached hydrogens (tertiary/aromatic N) is 1. The molecule has 2 atom stereocenters. The number of hydrogen-bond acceptors (Lipinski definition) is 3. The van der Waals surface area contributed by atoms with Gasteiger partial charge in [0.15, 0.2) is 0 Å². The van der Waals surface area contributed by atoms with Crippen molar-refractivity contribution in [3.05, 3.63) is 11.6 Å². The standard InChI is InChI=1S/C17H28N2O3/c1-3-22-15-11-14(17(15)6-9-21-10-7-17)18-16(20)19-8-4-5-13(2)12-19/h5,14-15H,3-4,6-12H2,1-2H3,(H,18,20). The van der Waals surface area contributed by atoms with Crippen molar-refractivity contribution >= 4 is 6.03 Å². The van der Waals surface area contributed by atoms with Crippen LogP contribution in [0.15, 0.2) is 11.6 Å². The minimum atomic E-state index is 0.0817. The van der Waals surface area contributed by atoms with Crippen LogP contribution < -0.4 is 5.32 Å². The number of ether oxygens (including phenoxy) is 2. The van der Waals surface area contributed by atoms with Gasteiger partial charge in [0.1, 0.15) is 0 Å². The topological polar surface area (TPSA) is 50.8 Å². The van der Waals surface area contributed by atoms with Crippen LogP contribution in [0, 0.1) is 5.41 Å².